The molecule has 1 unspecified atom stereocenters. The van der Waals surface area contributed by atoms with E-state index in [1.54, 1.807) is 0 Å². The van der Waals surface area contributed by atoms with Gasteiger partial charge in [-0.1, -0.05) is 31.2 Å². The van der Waals surface area contributed by atoms with Gasteiger partial charge in [0.2, 0.25) is 11.8 Å². The lowest BCUT2D eigenvalue weighted by Gasteiger charge is -2.32. The fourth-order valence-electron chi connectivity index (χ4n) is 4.18. The average Bonchev–Trinajstić information content (AvgIpc) is 3.20. The Morgan fingerprint density at radius 1 is 1.07 bits per heavy atom. The summed E-state index contributed by atoms with van der Waals surface area (Å²) in [5.74, 6) is 0.191. The van der Waals surface area contributed by atoms with Crippen LogP contribution < -0.4 is 5.32 Å². The number of amides is 2. The van der Waals surface area contributed by atoms with Gasteiger partial charge in [-0.3, -0.25) is 14.5 Å². The van der Waals surface area contributed by atoms with Crippen LogP contribution >= 0.6 is 0 Å². The Morgan fingerprint density at radius 2 is 1.81 bits per heavy atom. The first-order valence-corrected chi connectivity index (χ1v) is 10.5. The molecule has 1 aromatic rings. The summed E-state index contributed by atoms with van der Waals surface area (Å²) in [6, 6.07) is 8.41. The molecule has 27 heavy (non-hydrogen) atoms. The number of benzene rings is 1. The SMILES string of the molecule is CCCC(=O)N1CCCC(C(=O)NCc2ccccc2CN2CCCC2)C1. The van der Waals surface area contributed by atoms with Crippen LogP contribution in [-0.2, 0) is 22.7 Å². The molecule has 1 aromatic carbocycles. The van der Waals surface area contributed by atoms with Crippen molar-refractivity contribution in [1.29, 1.82) is 0 Å². The maximum atomic E-state index is 12.7. The molecule has 2 aliphatic heterocycles. The first-order valence-electron chi connectivity index (χ1n) is 10.5. The maximum absolute atomic E-state index is 12.7. The molecule has 3 rings (SSSR count). The lowest BCUT2D eigenvalue weighted by molar-refractivity contribution is -0.135. The molecular formula is C22H33N3O2. The minimum Gasteiger partial charge on any atom is -0.352 e. The summed E-state index contributed by atoms with van der Waals surface area (Å²) < 4.78 is 0. The van der Waals surface area contributed by atoms with Gasteiger partial charge >= 0.3 is 0 Å². The molecule has 0 saturated carbocycles. The zero-order chi connectivity index (χ0) is 19.1. The van der Waals surface area contributed by atoms with Crippen molar-refractivity contribution in [3.05, 3.63) is 35.4 Å². The van der Waals surface area contributed by atoms with Crippen LogP contribution in [0.3, 0.4) is 0 Å². The lowest BCUT2D eigenvalue weighted by Crippen LogP contribution is -2.45. The number of carbonyl (C=O) groups is 2. The Labute approximate surface area is 163 Å². The molecule has 2 saturated heterocycles. The van der Waals surface area contributed by atoms with Crippen molar-refractivity contribution in [1.82, 2.24) is 15.1 Å². The van der Waals surface area contributed by atoms with E-state index in [0.717, 1.165) is 32.4 Å². The second-order valence-electron chi connectivity index (χ2n) is 7.90. The van der Waals surface area contributed by atoms with Gasteiger partial charge in [0.15, 0.2) is 0 Å². The van der Waals surface area contributed by atoms with Crippen LogP contribution in [0.4, 0.5) is 0 Å². The van der Waals surface area contributed by atoms with Crippen molar-refractivity contribution in [2.24, 2.45) is 5.92 Å². The fourth-order valence-corrected chi connectivity index (χ4v) is 4.18. The number of likely N-dealkylation sites (tertiary alicyclic amines) is 2. The van der Waals surface area contributed by atoms with E-state index in [4.69, 9.17) is 0 Å². The third-order valence-electron chi connectivity index (χ3n) is 5.77. The second-order valence-corrected chi connectivity index (χ2v) is 7.90. The van der Waals surface area contributed by atoms with Crippen LogP contribution in [-0.4, -0.2) is 47.8 Å². The summed E-state index contributed by atoms with van der Waals surface area (Å²) in [4.78, 5) is 29.2. The van der Waals surface area contributed by atoms with Crippen molar-refractivity contribution in [3.63, 3.8) is 0 Å². The molecule has 2 aliphatic rings. The van der Waals surface area contributed by atoms with Crippen LogP contribution in [0.2, 0.25) is 0 Å². The van der Waals surface area contributed by atoms with Crippen LogP contribution in [0, 0.1) is 5.92 Å². The average molecular weight is 372 g/mol. The Hall–Kier alpha value is -1.88. The van der Waals surface area contributed by atoms with E-state index in [1.165, 1.54) is 37.1 Å². The van der Waals surface area contributed by atoms with Gasteiger partial charge in [-0.15, -0.1) is 0 Å². The van der Waals surface area contributed by atoms with E-state index >= 15 is 0 Å². The third-order valence-corrected chi connectivity index (χ3v) is 5.77. The van der Waals surface area contributed by atoms with Gasteiger partial charge in [0, 0.05) is 32.6 Å². The van der Waals surface area contributed by atoms with Gasteiger partial charge in [0.25, 0.3) is 0 Å². The molecular weight excluding hydrogens is 338 g/mol. The predicted octanol–water partition coefficient (Wildman–Crippen LogP) is 2.94. The molecule has 2 amide bonds. The topological polar surface area (TPSA) is 52.7 Å². The van der Waals surface area contributed by atoms with E-state index in [-0.39, 0.29) is 17.7 Å². The molecule has 1 atom stereocenters. The van der Waals surface area contributed by atoms with E-state index in [1.807, 2.05) is 17.9 Å². The Kier molecular flexibility index (Phi) is 7.27. The van der Waals surface area contributed by atoms with Gasteiger partial charge in [0.05, 0.1) is 5.92 Å². The highest BCUT2D eigenvalue weighted by Gasteiger charge is 2.28. The van der Waals surface area contributed by atoms with Gasteiger partial charge in [-0.2, -0.15) is 0 Å². The summed E-state index contributed by atoms with van der Waals surface area (Å²) in [7, 11) is 0. The van der Waals surface area contributed by atoms with Gasteiger partial charge < -0.3 is 10.2 Å². The van der Waals surface area contributed by atoms with Crippen molar-refractivity contribution < 1.29 is 9.59 Å². The number of hydrogen-bond donors (Lipinski definition) is 1. The maximum Gasteiger partial charge on any atom is 0.225 e. The number of rotatable bonds is 7. The monoisotopic (exact) mass is 371 g/mol. The van der Waals surface area contributed by atoms with Crippen molar-refractivity contribution >= 4 is 11.8 Å². The minimum absolute atomic E-state index is 0.0784. The molecule has 148 valence electrons. The van der Waals surface area contributed by atoms with Gasteiger partial charge in [-0.05, 0) is 56.3 Å². The standard InChI is InChI=1S/C22H33N3O2/c1-2-8-21(26)25-14-7-11-20(17-25)22(27)23-15-18-9-3-4-10-19(18)16-24-12-5-6-13-24/h3-4,9-10,20H,2,5-8,11-17H2,1H3,(H,23,27). The summed E-state index contributed by atoms with van der Waals surface area (Å²) in [6.07, 6.45) is 5.80. The van der Waals surface area contributed by atoms with Crippen molar-refractivity contribution in [2.75, 3.05) is 26.2 Å². The third kappa shape index (κ3) is 5.55. The largest absolute Gasteiger partial charge is 0.352 e. The smallest absolute Gasteiger partial charge is 0.225 e. The number of hydrogen-bond acceptors (Lipinski definition) is 3. The molecule has 0 radical (unpaired) electrons. The zero-order valence-corrected chi connectivity index (χ0v) is 16.6. The molecule has 0 aromatic heterocycles. The van der Waals surface area contributed by atoms with E-state index in [9.17, 15) is 9.59 Å². The predicted molar refractivity (Wildman–Crippen MR) is 107 cm³/mol. The van der Waals surface area contributed by atoms with Gasteiger partial charge in [0.1, 0.15) is 0 Å². The lowest BCUT2D eigenvalue weighted by atomic mass is 9.96. The van der Waals surface area contributed by atoms with Crippen LogP contribution in [0.25, 0.3) is 0 Å². The van der Waals surface area contributed by atoms with E-state index in [0.29, 0.717) is 19.5 Å². The van der Waals surface area contributed by atoms with Crippen molar-refractivity contribution in [2.45, 2.75) is 58.5 Å². The fraction of sp³-hybridized carbons (Fsp3) is 0.636. The van der Waals surface area contributed by atoms with E-state index in [2.05, 4.69) is 28.4 Å². The zero-order valence-electron chi connectivity index (χ0n) is 16.6. The van der Waals surface area contributed by atoms with Gasteiger partial charge in [-0.25, -0.2) is 0 Å². The molecule has 2 fully saturated rings. The summed E-state index contributed by atoms with van der Waals surface area (Å²) in [5, 5.41) is 3.13. The van der Waals surface area contributed by atoms with E-state index < -0.39 is 0 Å². The quantitative estimate of drug-likeness (QED) is 0.802. The van der Waals surface area contributed by atoms with Crippen LogP contribution in [0.15, 0.2) is 24.3 Å². The molecule has 0 aliphatic carbocycles. The summed E-state index contributed by atoms with van der Waals surface area (Å²) in [5.41, 5.74) is 2.51. The first kappa shape index (κ1) is 19.9. The normalized spacial score (nSPS) is 20.6. The highest BCUT2D eigenvalue weighted by atomic mass is 16.2. The summed E-state index contributed by atoms with van der Waals surface area (Å²) >= 11 is 0. The number of nitrogens with zero attached hydrogens (tertiary/aromatic N) is 2. The summed E-state index contributed by atoms with van der Waals surface area (Å²) in [6.45, 7) is 7.26. The molecule has 2 heterocycles. The highest BCUT2D eigenvalue weighted by molar-refractivity contribution is 5.81. The Bertz CT molecular complexity index is 640. The van der Waals surface area contributed by atoms with Crippen LogP contribution in [0.1, 0.15) is 56.6 Å². The van der Waals surface area contributed by atoms with Crippen molar-refractivity contribution in [3.8, 4) is 0 Å². The number of carbonyl (C=O) groups excluding carboxylic acids is 2. The van der Waals surface area contributed by atoms with Crippen LogP contribution in [0.5, 0.6) is 0 Å². The molecule has 0 bridgehead atoms. The Balaban J connectivity index is 1.53. The molecule has 1 N–H and O–H groups in total. The minimum atomic E-state index is -0.0784. The molecule has 0 spiro atoms. The molecule has 5 nitrogen and oxygen atoms in total. The molecule has 5 heteroatoms. The number of nitrogens with one attached hydrogen (secondary N) is 1. The highest BCUT2D eigenvalue weighted by Crippen LogP contribution is 2.19. The Morgan fingerprint density at radius 3 is 2.56 bits per heavy atom. The first-order chi connectivity index (χ1) is 13.2. The second kappa shape index (κ2) is 9.88. The number of piperidine rings is 1.